The van der Waals surface area contributed by atoms with Gasteiger partial charge in [0.1, 0.15) is 5.84 Å². The van der Waals surface area contributed by atoms with Crippen LogP contribution in [0.5, 0.6) is 0 Å². The lowest BCUT2D eigenvalue weighted by atomic mass is 10.2. The van der Waals surface area contributed by atoms with Crippen LogP contribution in [-0.2, 0) is 6.42 Å². The van der Waals surface area contributed by atoms with Crippen LogP contribution in [0.4, 0.5) is 10.8 Å². The average molecular weight is 394 g/mol. The van der Waals surface area contributed by atoms with Gasteiger partial charge in [-0.2, -0.15) is 0 Å². The number of thiazole rings is 1. The molecule has 0 spiro atoms. The third kappa shape index (κ3) is 3.26. The van der Waals surface area contributed by atoms with E-state index < -0.39 is 0 Å². The second kappa shape index (κ2) is 6.67. The smallest absolute Gasteiger partial charge is 0.215 e. The molecule has 7 nitrogen and oxygen atoms in total. The van der Waals surface area contributed by atoms with E-state index in [9.17, 15) is 0 Å². The predicted molar refractivity (Wildman–Crippen MR) is 109 cm³/mol. The summed E-state index contributed by atoms with van der Waals surface area (Å²) in [6.07, 6.45) is 1.61. The molecule has 2 aromatic heterocycles. The fraction of sp³-hybridized carbons (Fsp3) is 0.111. The molecule has 0 saturated carbocycles. The Balaban J connectivity index is 1.42. The number of rotatable bonds is 3. The molecule has 3 heterocycles. The topological polar surface area (TPSA) is 94.0 Å². The molecule has 0 bridgehead atoms. The summed E-state index contributed by atoms with van der Waals surface area (Å²) >= 11 is 3.04. The Labute approximate surface area is 163 Å². The van der Waals surface area contributed by atoms with Crippen LogP contribution >= 0.6 is 23.1 Å². The van der Waals surface area contributed by atoms with Gasteiger partial charge in [0.15, 0.2) is 11.0 Å². The second-order valence-electron chi connectivity index (χ2n) is 6.02. The lowest BCUT2D eigenvalue weighted by Crippen LogP contribution is -2.30. The van der Waals surface area contributed by atoms with E-state index in [0.717, 1.165) is 50.5 Å². The first-order valence-corrected chi connectivity index (χ1v) is 10.1. The van der Waals surface area contributed by atoms with Gasteiger partial charge < -0.3 is 5.73 Å². The van der Waals surface area contributed by atoms with Crippen molar-refractivity contribution >= 4 is 50.0 Å². The number of aryl methyl sites for hydroxylation is 1. The van der Waals surface area contributed by atoms with Crippen molar-refractivity contribution in [2.45, 2.75) is 22.9 Å². The molecule has 0 fully saturated rings. The number of fused-ring (bicyclic) bond motifs is 2. The highest BCUT2D eigenvalue weighted by Gasteiger charge is 2.20. The molecular formula is C18H15N7S2. The lowest BCUT2D eigenvalue weighted by Gasteiger charge is -2.19. The zero-order valence-electron chi connectivity index (χ0n) is 14.2. The molecule has 3 N–H and O–H groups in total. The predicted octanol–water partition coefficient (Wildman–Crippen LogP) is 3.84. The van der Waals surface area contributed by atoms with E-state index in [1.54, 1.807) is 11.8 Å². The highest BCUT2D eigenvalue weighted by molar-refractivity contribution is 7.99. The summed E-state index contributed by atoms with van der Waals surface area (Å²) in [5, 5.41) is 10.0. The van der Waals surface area contributed by atoms with Gasteiger partial charge in [-0.25, -0.2) is 14.7 Å². The summed E-state index contributed by atoms with van der Waals surface area (Å²) in [6.45, 7) is 0. The van der Waals surface area contributed by atoms with Gasteiger partial charge in [0, 0.05) is 17.7 Å². The molecule has 0 atom stereocenters. The van der Waals surface area contributed by atoms with Crippen molar-refractivity contribution in [3.05, 3.63) is 54.4 Å². The molecule has 0 amide bonds. The maximum Gasteiger partial charge on any atom is 0.215 e. The first-order chi connectivity index (χ1) is 13.2. The normalized spacial score (nSPS) is 15.0. The van der Waals surface area contributed by atoms with Crippen LogP contribution in [0.25, 0.3) is 10.2 Å². The lowest BCUT2D eigenvalue weighted by molar-refractivity contribution is 0.730. The Morgan fingerprint density at radius 1 is 1.11 bits per heavy atom. The fourth-order valence-corrected chi connectivity index (χ4v) is 4.58. The van der Waals surface area contributed by atoms with E-state index in [0.29, 0.717) is 5.13 Å². The van der Waals surface area contributed by atoms with E-state index in [2.05, 4.69) is 31.7 Å². The number of nitrogen functional groups attached to an aromatic ring is 1. The van der Waals surface area contributed by atoms with Gasteiger partial charge in [0.25, 0.3) is 0 Å². The average Bonchev–Trinajstić information content (AvgIpc) is 3.25. The number of hydrogen-bond donors (Lipinski definition) is 2. The van der Waals surface area contributed by atoms with Gasteiger partial charge in [-0.15, -0.1) is 10.2 Å². The third-order valence-electron chi connectivity index (χ3n) is 4.13. The summed E-state index contributed by atoms with van der Waals surface area (Å²) in [5.74, 6) is 1.81. The number of benzene rings is 2. The van der Waals surface area contributed by atoms with Crippen LogP contribution in [0.2, 0.25) is 0 Å². The van der Waals surface area contributed by atoms with Gasteiger partial charge >= 0.3 is 0 Å². The molecule has 2 aromatic carbocycles. The summed E-state index contributed by atoms with van der Waals surface area (Å²) in [5.41, 5.74) is 11.0. The fourth-order valence-electron chi connectivity index (χ4n) is 2.89. The Hall–Kier alpha value is -2.91. The van der Waals surface area contributed by atoms with E-state index in [1.165, 1.54) is 11.3 Å². The van der Waals surface area contributed by atoms with Gasteiger partial charge in [-0.1, -0.05) is 29.5 Å². The Kier molecular flexibility index (Phi) is 4.02. The van der Waals surface area contributed by atoms with Gasteiger partial charge in [0.2, 0.25) is 5.16 Å². The molecule has 0 radical (unpaired) electrons. The van der Waals surface area contributed by atoms with Crippen molar-refractivity contribution in [2.75, 3.05) is 11.2 Å². The van der Waals surface area contributed by atoms with Gasteiger partial charge in [0.05, 0.1) is 15.9 Å². The summed E-state index contributed by atoms with van der Waals surface area (Å²) in [7, 11) is 0. The molecule has 4 aromatic rings. The molecular weight excluding hydrogens is 378 g/mol. The molecule has 0 unspecified atom stereocenters. The number of amidine groups is 1. The van der Waals surface area contributed by atoms with Crippen molar-refractivity contribution in [3.8, 4) is 0 Å². The Morgan fingerprint density at radius 3 is 2.89 bits per heavy atom. The van der Waals surface area contributed by atoms with Crippen molar-refractivity contribution in [2.24, 2.45) is 4.99 Å². The number of aliphatic imine (C=N–C) groups is 1. The van der Waals surface area contributed by atoms with Gasteiger partial charge in [-0.05, 0) is 42.1 Å². The summed E-state index contributed by atoms with van der Waals surface area (Å²) in [4.78, 5) is 10.0. The van der Waals surface area contributed by atoms with Crippen LogP contribution < -0.4 is 11.2 Å². The standard InChI is InChI=1S/C18H15N7S2/c19-17-21-13-7-6-12(10-14(13)27-17)26-18-23-22-16-9-8-15(24-25(16)18)20-11-4-2-1-3-5-11/h1-7,10H,8-9H2,(H2,19,21)(H,20,24). The molecule has 27 heavy (non-hydrogen) atoms. The van der Waals surface area contributed by atoms with E-state index in [-0.39, 0.29) is 0 Å². The third-order valence-corrected chi connectivity index (χ3v) is 5.92. The minimum Gasteiger partial charge on any atom is -0.375 e. The molecule has 5 rings (SSSR count). The maximum atomic E-state index is 5.80. The number of para-hydroxylation sites is 1. The summed E-state index contributed by atoms with van der Waals surface area (Å²) < 4.78 is 2.98. The van der Waals surface area contributed by atoms with Crippen LogP contribution in [0.3, 0.4) is 0 Å². The van der Waals surface area contributed by atoms with Gasteiger partial charge in [-0.3, -0.25) is 5.43 Å². The minimum atomic E-state index is 0.579. The number of nitrogens with two attached hydrogens (primary N) is 1. The zero-order valence-corrected chi connectivity index (χ0v) is 15.8. The minimum absolute atomic E-state index is 0.579. The van der Waals surface area contributed by atoms with E-state index in [4.69, 9.17) is 5.73 Å². The van der Waals surface area contributed by atoms with E-state index >= 15 is 0 Å². The maximum absolute atomic E-state index is 5.80. The van der Waals surface area contributed by atoms with Crippen LogP contribution in [0, 0.1) is 0 Å². The first kappa shape index (κ1) is 16.3. The second-order valence-corrected chi connectivity index (χ2v) is 8.13. The zero-order chi connectivity index (χ0) is 18.2. The Morgan fingerprint density at radius 2 is 2.00 bits per heavy atom. The molecule has 134 valence electrons. The number of aromatic nitrogens is 4. The number of hydrogen-bond acceptors (Lipinski definition) is 7. The first-order valence-electron chi connectivity index (χ1n) is 8.42. The monoisotopic (exact) mass is 393 g/mol. The van der Waals surface area contributed by atoms with Crippen LogP contribution in [0.1, 0.15) is 12.2 Å². The van der Waals surface area contributed by atoms with Crippen LogP contribution in [-0.4, -0.2) is 25.7 Å². The molecule has 0 aliphatic carbocycles. The SMILES string of the molecule is Nc1nc2ccc(Sc3nnc4n3NC(=Nc3ccccc3)CC4)cc2s1. The molecule has 1 aliphatic rings. The largest absolute Gasteiger partial charge is 0.375 e. The quantitative estimate of drug-likeness (QED) is 0.549. The number of anilines is 1. The van der Waals surface area contributed by atoms with E-state index in [1.807, 2.05) is 47.1 Å². The van der Waals surface area contributed by atoms with Crippen molar-refractivity contribution in [1.29, 1.82) is 0 Å². The molecule has 9 heteroatoms. The number of nitrogens with zero attached hydrogens (tertiary/aromatic N) is 5. The number of nitrogens with one attached hydrogen (secondary N) is 1. The highest BCUT2D eigenvalue weighted by atomic mass is 32.2. The summed E-state index contributed by atoms with van der Waals surface area (Å²) in [6, 6.07) is 16.0. The van der Waals surface area contributed by atoms with Crippen LogP contribution in [0.15, 0.2) is 63.6 Å². The Bertz CT molecular complexity index is 1150. The molecule has 1 aliphatic heterocycles. The highest BCUT2D eigenvalue weighted by Crippen LogP contribution is 2.32. The molecule has 0 saturated heterocycles. The van der Waals surface area contributed by atoms with Crippen molar-refractivity contribution < 1.29 is 0 Å². The van der Waals surface area contributed by atoms with Crippen molar-refractivity contribution in [1.82, 2.24) is 19.9 Å². The van der Waals surface area contributed by atoms with Crippen molar-refractivity contribution in [3.63, 3.8) is 0 Å².